The Labute approximate surface area is 199 Å². The Morgan fingerprint density at radius 3 is 2.38 bits per heavy atom. The van der Waals surface area contributed by atoms with Crippen LogP contribution in [0.1, 0.15) is 80.6 Å². The van der Waals surface area contributed by atoms with Crippen LogP contribution in [0.4, 0.5) is 0 Å². The van der Waals surface area contributed by atoms with Gasteiger partial charge in [0.2, 0.25) is 0 Å². The first kappa shape index (κ1) is 24.0. The van der Waals surface area contributed by atoms with Crippen molar-refractivity contribution in [1.82, 2.24) is 10.2 Å². The van der Waals surface area contributed by atoms with Crippen molar-refractivity contribution in [3.63, 3.8) is 0 Å². The first-order valence-corrected chi connectivity index (χ1v) is 13.3. The number of hydrogen-bond donors (Lipinski definition) is 2. The van der Waals surface area contributed by atoms with E-state index in [0.717, 1.165) is 68.8 Å². The molecule has 1 amide bonds. The van der Waals surface area contributed by atoms with Crippen molar-refractivity contribution in [1.29, 1.82) is 0 Å². The summed E-state index contributed by atoms with van der Waals surface area (Å²) >= 11 is 6.43. The molecule has 4 nitrogen and oxygen atoms in total. The monoisotopic (exact) mass is 460 g/mol. The Hall–Kier alpha value is -1.10. The highest BCUT2D eigenvalue weighted by Gasteiger charge is 2.50. The first-order valence-electron chi connectivity index (χ1n) is 12.9. The zero-order valence-electron chi connectivity index (χ0n) is 19.8. The fourth-order valence-electron chi connectivity index (χ4n) is 7.14. The van der Waals surface area contributed by atoms with Crippen LogP contribution >= 0.6 is 11.6 Å². The molecule has 0 aromatic heterocycles. The fraction of sp³-hybridized carbons (Fsp3) is 0.741. The van der Waals surface area contributed by atoms with Crippen molar-refractivity contribution in [2.75, 3.05) is 32.8 Å². The molecule has 4 saturated carbocycles. The van der Waals surface area contributed by atoms with Crippen molar-refractivity contribution >= 4 is 17.5 Å². The molecule has 0 radical (unpaired) electrons. The van der Waals surface area contributed by atoms with Gasteiger partial charge in [-0.1, -0.05) is 31.0 Å². The van der Waals surface area contributed by atoms with Crippen LogP contribution in [0, 0.1) is 23.2 Å². The molecule has 0 saturated heterocycles. The quantitative estimate of drug-likeness (QED) is 0.444. The van der Waals surface area contributed by atoms with Gasteiger partial charge in [-0.3, -0.25) is 4.79 Å². The van der Waals surface area contributed by atoms with Crippen LogP contribution in [0.25, 0.3) is 0 Å². The second-order valence-electron chi connectivity index (χ2n) is 10.9. The molecule has 1 aromatic carbocycles. The molecule has 1 aromatic rings. The molecule has 4 aliphatic carbocycles. The molecule has 4 fully saturated rings. The zero-order chi connectivity index (χ0) is 22.6. The van der Waals surface area contributed by atoms with Crippen LogP contribution in [-0.2, 0) is 6.42 Å². The number of nitrogens with one attached hydrogen (secondary N) is 1. The van der Waals surface area contributed by atoms with Crippen molar-refractivity contribution in [3.8, 4) is 0 Å². The van der Waals surface area contributed by atoms with E-state index >= 15 is 0 Å². The minimum Gasteiger partial charge on any atom is -0.395 e. The maximum Gasteiger partial charge on any atom is 0.252 e. The number of aliphatic hydroxyl groups excluding tert-OH is 1. The van der Waals surface area contributed by atoms with E-state index < -0.39 is 0 Å². The zero-order valence-corrected chi connectivity index (χ0v) is 20.5. The predicted molar refractivity (Wildman–Crippen MR) is 131 cm³/mol. The van der Waals surface area contributed by atoms with Gasteiger partial charge in [-0.15, -0.1) is 0 Å². The number of halogens is 1. The Kier molecular flexibility index (Phi) is 8.18. The van der Waals surface area contributed by atoms with E-state index in [1.54, 1.807) is 0 Å². The molecule has 0 atom stereocenters. The molecular weight excluding hydrogens is 420 g/mol. The topological polar surface area (TPSA) is 52.6 Å². The van der Waals surface area contributed by atoms with Crippen LogP contribution in [-0.4, -0.2) is 48.7 Å². The molecule has 5 rings (SSSR count). The third kappa shape index (κ3) is 5.87. The van der Waals surface area contributed by atoms with Crippen LogP contribution in [0.3, 0.4) is 0 Å². The highest BCUT2D eigenvalue weighted by Crippen LogP contribution is 2.59. The van der Waals surface area contributed by atoms with Gasteiger partial charge in [0.25, 0.3) is 5.91 Å². The summed E-state index contributed by atoms with van der Waals surface area (Å²) < 4.78 is 0. The minimum absolute atomic E-state index is 0.0163. The summed E-state index contributed by atoms with van der Waals surface area (Å²) in [6.07, 6.45) is 12.4. The van der Waals surface area contributed by atoms with E-state index in [1.165, 1.54) is 44.9 Å². The normalized spacial score (nSPS) is 28.4. The average Bonchev–Trinajstić information content (AvgIpc) is 2.76. The predicted octanol–water partition coefficient (Wildman–Crippen LogP) is 5.31. The lowest BCUT2D eigenvalue weighted by Gasteiger charge is -2.56. The Bertz CT molecular complexity index is 746. The van der Waals surface area contributed by atoms with Gasteiger partial charge in [-0.05, 0) is 112 Å². The molecule has 178 valence electrons. The Morgan fingerprint density at radius 1 is 1.09 bits per heavy atom. The van der Waals surface area contributed by atoms with E-state index in [4.69, 9.17) is 11.6 Å². The standard InChI is InChI=1S/C27H41ClN2O2/c1-2-3-8-30(10-11-31)9-4-5-20-6-7-25(28)24(15-20)26(32)29-19-27-16-21-12-22(17-27)14-23(13-21)18-27/h6-7,15,21-23,31H,2-5,8-14,16-19H2,1H3,(H,29,32). The molecule has 32 heavy (non-hydrogen) atoms. The van der Waals surface area contributed by atoms with Crippen LogP contribution in [0.15, 0.2) is 18.2 Å². The van der Waals surface area contributed by atoms with Crippen LogP contribution in [0.5, 0.6) is 0 Å². The van der Waals surface area contributed by atoms with E-state index in [9.17, 15) is 9.90 Å². The van der Waals surface area contributed by atoms with Crippen LogP contribution < -0.4 is 5.32 Å². The SMILES string of the molecule is CCCCN(CCO)CCCc1ccc(Cl)c(C(=O)NCC23CC4CC(CC(C4)C2)C3)c1. The lowest BCUT2D eigenvalue weighted by molar-refractivity contribution is -0.0503. The van der Waals surface area contributed by atoms with Crippen molar-refractivity contribution in [3.05, 3.63) is 34.3 Å². The van der Waals surface area contributed by atoms with Gasteiger partial charge < -0.3 is 15.3 Å². The molecule has 0 unspecified atom stereocenters. The maximum atomic E-state index is 13.1. The minimum atomic E-state index is -0.0163. The lowest BCUT2D eigenvalue weighted by Crippen LogP contribution is -2.51. The molecule has 0 spiro atoms. The summed E-state index contributed by atoms with van der Waals surface area (Å²) in [5.74, 6) is 2.67. The number of carbonyl (C=O) groups is 1. The third-order valence-corrected chi connectivity index (χ3v) is 8.58. The number of carbonyl (C=O) groups excluding carboxylic acids is 1. The van der Waals surface area contributed by atoms with Gasteiger partial charge in [0.1, 0.15) is 0 Å². The second-order valence-corrected chi connectivity index (χ2v) is 11.3. The van der Waals surface area contributed by atoms with Crippen molar-refractivity contribution < 1.29 is 9.90 Å². The van der Waals surface area contributed by atoms with E-state index in [1.807, 2.05) is 18.2 Å². The number of nitrogens with zero attached hydrogens (tertiary/aromatic N) is 1. The van der Waals surface area contributed by atoms with E-state index in [2.05, 4.69) is 17.1 Å². The van der Waals surface area contributed by atoms with E-state index in [-0.39, 0.29) is 12.5 Å². The summed E-state index contributed by atoms with van der Waals surface area (Å²) in [5, 5.41) is 13.1. The van der Waals surface area contributed by atoms with Gasteiger partial charge in [0, 0.05) is 13.1 Å². The third-order valence-electron chi connectivity index (χ3n) is 8.25. The van der Waals surface area contributed by atoms with Gasteiger partial charge in [-0.25, -0.2) is 0 Å². The molecule has 0 aliphatic heterocycles. The Balaban J connectivity index is 1.30. The fourth-order valence-corrected chi connectivity index (χ4v) is 7.34. The summed E-state index contributed by atoms with van der Waals surface area (Å²) in [5.41, 5.74) is 2.12. The number of aliphatic hydroxyl groups is 1. The summed E-state index contributed by atoms with van der Waals surface area (Å²) in [4.78, 5) is 15.4. The Morgan fingerprint density at radius 2 is 1.75 bits per heavy atom. The van der Waals surface area contributed by atoms with Gasteiger partial charge in [0.05, 0.1) is 17.2 Å². The number of hydrogen-bond acceptors (Lipinski definition) is 3. The van der Waals surface area contributed by atoms with Gasteiger partial charge in [0.15, 0.2) is 0 Å². The van der Waals surface area contributed by atoms with Crippen molar-refractivity contribution in [2.45, 2.75) is 71.1 Å². The molecule has 5 heteroatoms. The highest BCUT2D eigenvalue weighted by molar-refractivity contribution is 6.33. The largest absolute Gasteiger partial charge is 0.395 e. The summed E-state index contributed by atoms with van der Waals surface area (Å²) in [6, 6.07) is 5.90. The number of amides is 1. The number of unbranched alkanes of at least 4 members (excludes halogenated alkanes) is 1. The molecule has 2 N–H and O–H groups in total. The molecule has 4 bridgehead atoms. The number of aryl methyl sites for hydroxylation is 1. The second kappa shape index (κ2) is 10.9. The number of rotatable bonds is 12. The lowest BCUT2D eigenvalue weighted by atomic mass is 9.49. The first-order chi connectivity index (χ1) is 15.5. The van der Waals surface area contributed by atoms with E-state index in [0.29, 0.717) is 16.0 Å². The summed E-state index contributed by atoms with van der Waals surface area (Å²) in [7, 11) is 0. The number of benzene rings is 1. The van der Waals surface area contributed by atoms with Crippen LogP contribution in [0.2, 0.25) is 5.02 Å². The molecule has 0 heterocycles. The maximum absolute atomic E-state index is 13.1. The summed E-state index contributed by atoms with van der Waals surface area (Å²) in [6.45, 7) is 5.95. The highest BCUT2D eigenvalue weighted by atomic mass is 35.5. The smallest absolute Gasteiger partial charge is 0.252 e. The molecule has 4 aliphatic rings. The van der Waals surface area contributed by atoms with Gasteiger partial charge in [-0.2, -0.15) is 0 Å². The molecular formula is C27H41ClN2O2. The average molecular weight is 461 g/mol. The van der Waals surface area contributed by atoms with Gasteiger partial charge >= 0.3 is 0 Å². The van der Waals surface area contributed by atoms with Crippen molar-refractivity contribution in [2.24, 2.45) is 23.2 Å².